The van der Waals surface area contributed by atoms with E-state index in [1.165, 1.54) is 11.4 Å². The summed E-state index contributed by atoms with van der Waals surface area (Å²) < 4.78 is 36.2. The molecule has 0 aliphatic carbocycles. The van der Waals surface area contributed by atoms with Gasteiger partial charge >= 0.3 is 5.97 Å². The van der Waals surface area contributed by atoms with Gasteiger partial charge in [0.25, 0.3) is 0 Å². The molecule has 1 aliphatic rings. The fourth-order valence-corrected chi connectivity index (χ4v) is 3.92. The zero-order valence-corrected chi connectivity index (χ0v) is 12.4. The summed E-state index contributed by atoms with van der Waals surface area (Å²) in [5.74, 6) is -0.578. The molecule has 2 rings (SSSR count). The standard InChI is InChI=1S/C11H17N3O5S/c1-7-10(8(2)13-12-7)20(16,17)14-4-5-19-9(6-14)11(15)18-3/h9H,4-6H2,1-3H3,(H,12,13). The first-order valence-electron chi connectivity index (χ1n) is 6.09. The van der Waals surface area contributed by atoms with Gasteiger partial charge in [-0.25, -0.2) is 13.2 Å². The van der Waals surface area contributed by atoms with Gasteiger partial charge in [-0.3, -0.25) is 5.10 Å². The summed E-state index contributed by atoms with van der Waals surface area (Å²) in [5, 5.41) is 6.54. The predicted molar refractivity (Wildman–Crippen MR) is 68.6 cm³/mol. The molecule has 0 bridgehead atoms. The minimum Gasteiger partial charge on any atom is -0.467 e. The summed E-state index contributed by atoms with van der Waals surface area (Å²) in [6.45, 7) is 3.55. The van der Waals surface area contributed by atoms with Gasteiger partial charge in [-0.15, -0.1) is 0 Å². The van der Waals surface area contributed by atoms with Crippen LogP contribution in [0, 0.1) is 13.8 Å². The number of ether oxygens (including phenoxy) is 2. The minimum absolute atomic E-state index is 0.0565. The number of methoxy groups -OCH3 is 1. The van der Waals surface area contributed by atoms with E-state index in [0.717, 1.165) is 0 Å². The summed E-state index contributed by atoms with van der Waals surface area (Å²) in [6, 6.07) is 0. The minimum atomic E-state index is -3.70. The molecule has 0 radical (unpaired) electrons. The number of hydrogen-bond donors (Lipinski definition) is 1. The molecular formula is C11H17N3O5S. The van der Waals surface area contributed by atoms with Crippen LogP contribution in [0.2, 0.25) is 0 Å². The Morgan fingerprint density at radius 2 is 2.20 bits per heavy atom. The highest BCUT2D eigenvalue weighted by Gasteiger charge is 2.36. The number of aromatic nitrogens is 2. The van der Waals surface area contributed by atoms with E-state index in [2.05, 4.69) is 14.9 Å². The van der Waals surface area contributed by atoms with E-state index in [1.54, 1.807) is 13.8 Å². The molecule has 20 heavy (non-hydrogen) atoms. The molecule has 1 atom stereocenters. The van der Waals surface area contributed by atoms with E-state index in [0.29, 0.717) is 11.4 Å². The van der Waals surface area contributed by atoms with Crippen molar-refractivity contribution in [1.29, 1.82) is 0 Å². The van der Waals surface area contributed by atoms with E-state index in [-0.39, 0.29) is 24.6 Å². The maximum absolute atomic E-state index is 12.6. The van der Waals surface area contributed by atoms with Gasteiger partial charge in [0, 0.05) is 6.54 Å². The number of carbonyl (C=O) groups is 1. The topological polar surface area (TPSA) is 102 Å². The predicted octanol–water partition coefficient (Wildman–Crippen LogP) is -0.411. The third-order valence-corrected chi connectivity index (χ3v) is 5.28. The lowest BCUT2D eigenvalue weighted by Crippen LogP contribution is -2.48. The van der Waals surface area contributed by atoms with Crippen molar-refractivity contribution < 1.29 is 22.7 Å². The molecular weight excluding hydrogens is 286 g/mol. The lowest BCUT2D eigenvalue weighted by molar-refractivity contribution is -0.157. The van der Waals surface area contributed by atoms with E-state index in [9.17, 15) is 13.2 Å². The number of hydrogen-bond acceptors (Lipinski definition) is 6. The van der Waals surface area contributed by atoms with Crippen molar-refractivity contribution >= 4 is 16.0 Å². The molecule has 9 heteroatoms. The molecule has 1 aliphatic heterocycles. The van der Waals surface area contributed by atoms with Crippen molar-refractivity contribution in [3.8, 4) is 0 Å². The van der Waals surface area contributed by atoms with Crippen LogP contribution in [0.3, 0.4) is 0 Å². The van der Waals surface area contributed by atoms with Gasteiger partial charge in [0.1, 0.15) is 4.90 Å². The van der Waals surface area contributed by atoms with E-state index >= 15 is 0 Å². The maximum Gasteiger partial charge on any atom is 0.336 e. The molecule has 1 aromatic heterocycles. The summed E-state index contributed by atoms with van der Waals surface area (Å²) in [6.07, 6.45) is -0.893. The van der Waals surface area contributed by atoms with Crippen LogP contribution in [0.4, 0.5) is 0 Å². The van der Waals surface area contributed by atoms with E-state index in [4.69, 9.17) is 4.74 Å². The van der Waals surface area contributed by atoms with Crippen molar-refractivity contribution in [2.45, 2.75) is 24.8 Å². The Morgan fingerprint density at radius 1 is 1.50 bits per heavy atom. The summed E-state index contributed by atoms with van der Waals surface area (Å²) in [4.78, 5) is 11.6. The number of rotatable bonds is 3. The van der Waals surface area contributed by atoms with Crippen LogP contribution in [0.1, 0.15) is 11.4 Å². The molecule has 8 nitrogen and oxygen atoms in total. The Labute approximate surface area is 117 Å². The smallest absolute Gasteiger partial charge is 0.336 e. The highest BCUT2D eigenvalue weighted by molar-refractivity contribution is 7.89. The van der Waals surface area contributed by atoms with Crippen molar-refractivity contribution in [2.75, 3.05) is 26.8 Å². The number of H-pyrrole nitrogens is 1. The van der Waals surface area contributed by atoms with Crippen LogP contribution in [-0.2, 0) is 24.3 Å². The quantitative estimate of drug-likeness (QED) is 0.762. The normalized spacial score (nSPS) is 20.9. The van der Waals surface area contributed by atoms with Crippen LogP contribution in [-0.4, -0.2) is 61.8 Å². The number of morpholine rings is 1. The zero-order chi connectivity index (χ0) is 14.9. The van der Waals surface area contributed by atoms with Crippen LogP contribution < -0.4 is 0 Å². The molecule has 112 valence electrons. The summed E-state index contributed by atoms with van der Waals surface area (Å²) >= 11 is 0. The van der Waals surface area contributed by atoms with E-state index in [1.807, 2.05) is 0 Å². The molecule has 1 fully saturated rings. The maximum atomic E-state index is 12.6. The molecule has 1 N–H and O–H groups in total. The van der Waals surface area contributed by atoms with Gasteiger partial charge < -0.3 is 9.47 Å². The van der Waals surface area contributed by atoms with Crippen molar-refractivity contribution in [2.24, 2.45) is 0 Å². The summed E-state index contributed by atoms with van der Waals surface area (Å²) in [7, 11) is -2.46. The SMILES string of the molecule is COC(=O)C1CN(S(=O)(=O)c2c(C)n[nH]c2C)CCO1. The van der Waals surface area contributed by atoms with Gasteiger partial charge in [-0.2, -0.15) is 9.40 Å². The summed E-state index contributed by atoms with van der Waals surface area (Å²) in [5.41, 5.74) is 0.882. The molecule has 1 unspecified atom stereocenters. The fraction of sp³-hybridized carbons (Fsp3) is 0.636. The van der Waals surface area contributed by atoms with Crippen molar-refractivity contribution in [3.05, 3.63) is 11.4 Å². The van der Waals surface area contributed by atoms with Gasteiger partial charge in [-0.05, 0) is 13.8 Å². The first-order valence-corrected chi connectivity index (χ1v) is 7.53. The molecule has 0 saturated carbocycles. The molecule has 2 heterocycles. The Balaban J connectivity index is 2.28. The lowest BCUT2D eigenvalue weighted by Gasteiger charge is -2.30. The highest BCUT2D eigenvalue weighted by Crippen LogP contribution is 2.23. The molecule has 1 saturated heterocycles. The van der Waals surface area contributed by atoms with Gasteiger partial charge in [0.15, 0.2) is 6.10 Å². The van der Waals surface area contributed by atoms with Crippen LogP contribution in [0.5, 0.6) is 0 Å². The van der Waals surface area contributed by atoms with Crippen molar-refractivity contribution in [3.63, 3.8) is 0 Å². The fourth-order valence-electron chi connectivity index (χ4n) is 2.17. The Kier molecular flexibility index (Phi) is 4.11. The third kappa shape index (κ3) is 2.56. The first kappa shape index (κ1) is 14.9. The number of sulfonamides is 1. The molecule has 0 spiro atoms. The van der Waals surface area contributed by atoms with Crippen LogP contribution >= 0.6 is 0 Å². The Morgan fingerprint density at radius 3 is 2.75 bits per heavy atom. The number of esters is 1. The van der Waals surface area contributed by atoms with Gasteiger partial charge in [0.05, 0.1) is 31.6 Å². The number of nitrogens with one attached hydrogen (secondary N) is 1. The molecule has 0 amide bonds. The van der Waals surface area contributed by atoms with Crippen LogP contribution in [0.15, 0.2) is 4.90 Å². The Bertz CT molecular complexity index is 590. The number of nitrogens with zero attached hydrogens (tertiary/aromatic N) is 2. The first-order chi connectivity index (χ1) is 9.37. The van der Waals surface area contributed by atoms with Crippen molar-refractivity contribution in [1.82, 2.24) is 14.5 Å². The third-order valence-electron chi connectivity index (χ3n) is 3.15. The van der Waals surface area contributed by atoms with E-state index < -0.39 is 22.1 Å². The number of carbonyl (C=O) groups excluding carboxylic acids is 1. The largest absolute Gasteiger partial charge is 0.467 e. The van der Waals surface area contributed by atoms with Crippen LogP contribution in [0.25, 0.3) is 0 Å². The molecule has 0 aromatic carbocycles. The second kappa shape index (κ2) is 5.51. The monoisotopic (exact) mass is 303 g/mol. The number of aromatic amines is 1. The second-order valence-electron chi connectivity index (χ2n) is 4.51. The highest BCUT2D eigenvalue weighted by atomic mass is 32.2. The van der Waals surface area contributed by atoms with Gasteiger partial charge in [0.2, 0.25) is 10.0 Å². The second-order valence-corrected chi connectivity index (χ2v) is 6.38. The Hall–Kier alpha value is -1.45. The average molecular weight is 303 g/mol. The number of aryl methyl sites for hydroxylation is 2. The average Bonchev–Trinajstić information content (AvgIpc) is 2.78. The molecule has 1 aromatic rings. The zero-order valence-electron chi connectivity index (χ0n) is 11.5. The van der Waals surface area contributed by atoms with Gasteiger partial charge in [-0.1, -0.05) is 0 Å². The lowest BCUT2D eigenvalue weighted by atomic mass is 10.3.